The summed E-state index contributed by atoms with van der Waals surface area (Å²) in [5.74, 6) is 0.689. The van der Waals surface area contributed by atoms with Gasteiger partial charge in [0.1, 0.15) is 5.82 Å². The number of pyridine rings is 1. The molecule has 7 heteroatoms. The molecule has 0 fully saturated rings. The summed E-state index contributed by atoms with van der Waals surface area (Å²) in [5.41, 5.74) is 7.43. The summed E-state index contributed by atoms with van der Waals surface area (Å²) in [6.45, 7) is 9.07. The molecule has 0 saturated heterocycles. The van der Waals surface area contributed by atoms with Crippen LogP contribution in [0.25, 0.3) is 11.3 Å². The van der Waals surface area contributed by atoms with E-state index >= 15 is 0 Å². The van der Waals surface area contributed by atoms with Crippen molar-refractivity contribution >= 4 is 11.5 Å². The average molecular weight is 300 g/mol. The van der Waals surface area contributed by atoms with Gasteiger partial charge in [-0.3, -0.25) is 14.5 Å². The maximum atomic E-state index is 12.8. The van der Waals surface area contributed by atoms with E-state index in [1.807, 2.05) is 13.8 Å². The molecule has 0 aliphatic rings. The van der Waals surface area contributed by atoms with Crippen molar-refractivity contribution in [3.05, 3.63) is 46.6 Å². The summed E-state index contributed by atoms with van der Waals surface area (Å²) in [7, 11) is 0. The van der Waals surface area contributed by atoms with Crippen LogP contribution in [0.15, 0.2) is 35.5 Å². The van der Waals surface area contributed by atoms with Crippen molar-refractivity contribution in [2.75, 3.05) is 5.32 Å². The number of hydrogen-bond acceptors (Lipinski definition) is 5. The van der Waals surface area contributed by atoms with Crippen LogP contribution < -0.4 is 16.6 Å². The molecule has 0 spiro atoms. The molecule has 2 heterocycles. The maximum Gasteiger partial charge on any atom is 0.261 e. The van der Waals surface area contributed by atoms with Crippen molar-refractivity contribution in [2.45, 2.75) is 26.8 Å². The van der Waals surface area contributed by atoms with Crippen LogP contribution in [0.4, 0.5) is 5.82 Å². The number of H-pyrrole nitrogens is 1. The standard InChI is InChI=1S/C15H20N6O/c1-8(2)21-14(19-10(4)17)11(9(3)16)7-12(15(21)22)13-5-6-18-20-13/h5-8,16,19H,4,17H2,1-3H3,(H,18,20). The predicted molar refractivity (Wildman–Crippen MR) is 88.1 cm³/mol. The van der Waals surface area contributed by atoms with Gasteiger partial charge in [0.05, 0.1) is 17.1 Å². The molecule has 7 nitrogen and oxygen atoms in total. The zero-order valence-corrected chi connectivity index (χ0v) is 12.9. The fourth-order valence-electron chi connectivity index (χ4n) is 2.29. The second-order valence-corrected chi connectivity index (χ2v) is 5.33. The smallest absolute Gasteiger partial charge is 0.261 e. The largest absolute Gasteiger partial charge is 0.386 e. The van der Waals surface area contributed by atoms with Gasteiger partial charge in [-0.05, 0) is 32.9 Å². The van der Waals surface area contributed by atoms with Crippen molar-refractivity contribution in [3.8, 4) is 11.3 Å². The fraction of sp³-hybridized carbons (Fsp3) is 0.267. The molecule has 5 N–H and O–H groups in total. The van der Waals surface area contributed by atoms with Crippen molar-refractivity contribution in [3.63, 3.8) is 0 Å². The highest BCUT2D eigenvalue weighted by Gasteiger charge is 2.19. The van der Waals surface area contributed by atoms with E-state index in [9.17, 15) is 4.79 Å². The molecule has 2 rings (SSSR count). The topological polar surface area (TPSA) is 113 Å². The molecule has 0 aliphatic carbocycles. The molecule has 0 unspecified atom stereocenters. The average Bonchev–Trinajstić information content (AvgIpc) is 2.91. The van der Waals surface area contributed by atoms with E-state index < -0.39 is 0 Å². The molecular weight excluding hydrogens is 280 g/mol. The van der Waals surface area contributed by atoms with Crippen molar-refractivity contribution in [1.82, 2.24) is 14.8 Å². The van der Waals surface area contributed by atoms with Gasteiger partial charge >= 0.3 is 0 Å². The lowest BCUT2D eigenvalue weighted by molar-refractivity contribution is 0.586. The predicted octanol–water partition coefficient (Wildman–Crippen LogP) is 2.05. The summed E-state index contributed by atoms with van der Waals surface area (Å²) in [5, 5.41) is 17.6. The quantitative estimate of drug-likeness (QED) is 0.633. The Bertz CT molecular complexity index is 770. The zero-order valence-electron chi connectivity index (χ0n) is 12.9. The number of rotatable bonds is 5. The van der Waals surface area contributed by atoms with Gasteiger partial charge in [-0.1, -0.05) is 6.58 Å². The second kappa shape index (κ2) is 5.88. The normalized spacial score (nSPS) is 10.7. The van der Waals surface area contributed by atoms with Crippen LogP contribution >= 0.6 is 0 Å². The van der Waals surface area contributed by atoms with Crippen LogP contribution in [0.1, 0.15) is 32.4 Å². The zero-order chi connectivity index (χ0) is 16.4. The Morgan fingerprint density at radius 3 is 2.68 bits per heavy atom. The van der Waals surface area contributed by atoms with Gasteiger partial charge < -0.3 is 16.5 Å². The minimum absolute atomic E-state index is 0.115. The lowest BCUT2D eigenvalue weighted by atomic mass is 10.1. The highest BCUT2D eigenvalue weighted by molar-refractivity contribution is 6.01. The number of aromatic nitrogens is 3. The Hall–Kier alpha value is -2.83. The van der Waals surface area contributed by atoms with Gasteiger partial charge in [0, 0.05) is 23.5 Å². The molecule has 116 valence electrons. The third-order valence-corrected chi connectivity index (χ3v) is 3.22. The molecule has 2 aromatic rings. The Morgan fingerprint density at radius 2 is 2.23 bits per heavy atom. The monoisotopic (exact) mass is 300 g/mol. The van der Waals surface area contributed by atoms with E-state index in [0.717, 1.165) is 0 Å². The third kappa shape index (κ3) is 2.78. The first kappa shape index (κ1) is 15.6. The summed E-state index contributed by atoms with van der Waals surface area (Å²) in [4.78, 5) is 12.8. The molecule has 0 bridgehead atoms. The SMILES string of the molecule is C=C(N)Nc1c(C(C)=N)cc(-c2ccn[nH]2)c(=O)n1C(C)C. The number of nitrogens with two attached hydrogens (primary N) is 1. The molecule has 2 aromatic heterocycles. The number of anilines is 1. The molecule has 0 radical (unpaired) electrons. The van der Waals surface area contributed by atoms with Gasteiger partial charge in [-0.25, -0.2) is 0 Å². The van der Waals surface area contributed by atoms with Crippen molar-refractivity contribution in [2.24, 2.45) is 5.73 Å². The van der Waals surface area contributed by atoms with Gasteiger partial charge in [0.15, 0.2) is 0 Å². The molecule has 0 aromatic carbocycles. The highest BCUT2D eigenvalue weighted by atomic mass is 16.1. The Morgan fingerprint density at radius 1 is 1.55 bits per heavy atom. The van der Waals surface area contributed by atoms with Gasteiger partial charge in [0.25, 0.3) is 5.56 Å². The number of aromatic amines is 1. The van der Waals surface area contributed by atoms with Crippen molar-refractivity contribution < 1.29 is 0 Å². The second-order valence-electron chi connectivity index (χ2n) is 5.33. The van der Waals surface area contributed by atoms with Crippen LogP contribution in [0.5, 0.6) is 0 Å². The Labute approximate surface area is 128 Å². The van der Waals surface area contributed by atoms with E-state index in [1.165, 1.54) is 0 Å². The molecular formula is C15H20N6O. The minimum atomic E-state index is -0.187. The van der Waals surface area contributed by atoms with E-state index in [0.29, 0.717) is 28.4 Å². The summed E-state index contributed by atoms with van der Waals surface area (Å²) in [6.07, 6.45) is 1.58. The van der Waals surface area contributed by atoms with Crippen LogP contribution in [0.2, 0.25) is 0 Å². The molecule has 22 heavy (non-hydrogen) atoms. The van der Waals surface area contributed by atoms with Crippen LogP contribution in [0.3, 0.4) is 0 Å². The fourth-order valence-corrected chi connectivity index (χ4v) is 2.29. The van der Waals surface area contributed by atoms with Gasteiger partial charge in [-0.2, -0.15) is 5.10 Å². The number of hydrogen-bond donors (Lipinski definition) is 4. The minimum Gasteiger partial charge on any atom is -0.386 e. The van der Waals surface area contributed by atoms with E-state index in [4.69, 9.17) is 11.1 Å². The first-order valence-corrected chi connectivity index (χ1v) is 6.89. The highest BCUT2D eigenvalue weighted by Crippen LogP contribution is 2.24. The van der Waals surface area contributed by atoms with E-state index in [2.05, 4.69) is 22.1 Å². The first-order valence-electron chi connectivity index (χ1n) is 6.89. The Balaban J connectivity index is 2.84. The first-order chi connectivity index (χ1) is 10.3. The van der Waals surface area contributed by atoms with Crippen LogP contribution in [-0.2, 0) is 0 Å². The van der Waals surface area contributed by atoms with Crippen LogP contribution in [-0.4, -0.2) is 20.5 Å². The van der Waals surface area contributed by atoms with E-state index in [-0.39, 0.29) is 17.4 Å². The van der Waals surface area contributed by atoms with Gasteiger partial charge in [0.2, 0.25) is 0 Å². The lowest BCUT2D eigenvalue weighted by Gasteiger charge is -2.22. The third-order valence-electron chi connectivity index (χ3n) is 3.22. The molecule has 0 saturated carbocycles. The van der Waals surface area contributed by atoms with Gasteiger partial charge in [-0.15, -0.1) is 0 Å². The van der Waals surface area contributed by atoms with E-state index in [1.54, 1.807) is 29.8 Å². The van der Waals surface area contributed by atoms with Crippen LogP contribution in [0, 0.1) is 5.41 Å². The Kier molecular flexibility index (Phi) is 4.16. The van der Waals surface area contributed by atoms with Crippen molar-refractivity contribution in [1.29, 1.82) is 5.41 Å². The summed E-state index contributed by atoms with van der Waals surface area (Å²) >= 11 is 0. The summed E-state index contributed by atoms with van der Waals surface area (Å²) in [6, 6.07) is 3.28. The number of nitrogens with one attached hydrogen (secondary N) is 3. The molecule has 0 aliphatic heterocycles. The molecule has 0 atom stereocenters. The number of nitrogens with zero attached hydrogens (tertiary/aromatic N) is 2. The summed E-state index contributed by atoms with van der Waals surface area (Å²) < 4.78 is 1.57. The maximum absolute atomic E-state index is 12.8. The lowest BCUT2D eigenvalue weighted by Crippen LogP contribution is -2.29. The molecule has 0 amide bonds.